The first-order valence-corrected chi connectivity index (χ1v) is 6.89. The molecule has 1 amide bonds. The molecule has 0 aliphatic carbocycles. The molecule has 0 aliphatic heterocycles. The second-order valence-electron chi connectivity index (χ2n) is 4.85. The molecular weight excluding hydrogens is 278 g/mol. The van der Waals surface area contributed by atoms with Gasteiger partial charge in [0.2, 0.25) is 5.82 Å². The van der Waals surface area contributed by atoms with Crippen LogP contribution in [-0.2, 0) is 6.54 Å². The Kier molecular flexibility index (Phi) is 3.91. The quantitative estimate of drug-likeness (QED) is 0.797. The molecule has 0 bridgehead atoms. The Labute approximate surface area is 127 Å². The van der Waals surface area contributed by atoms with Gasteiger partial charge in [-0.1, -0.05) is 23.8 Å². The van der Waals surface area contributed by atoms with Crippen LogP contribution in [0.5, 0.6) is 0 Å². The molecular formula is C16H15N5O. The van der Waals surface area contributed by atoms with Gasteiger partial charge in [-0.2, -0.15) is 0 Å². The van der Waals surface area contributed by atoms with E-state index in [4.69, 9.17) is 0 Å². The maximum atomic E-state index is 12.0. The van der Waals surface area contributed by atoms with Crippen molar-refractivity contribution in [2.24, 2.45) is 0 Å². The van der Waals surface area contributed by atoms with E-state index in [0.717, 1.165) is 16.9 Å². The number of carbonyl (C=O) groups excluding carboxylic acids is 1. The Morgan fingerprint density at radius 1 is 1.14 bits per heavy atom. The van der Waals surface area contributed by atoms with Gasteiger partial charge in [-0.3, -0.25) is 9.78 Å². The zero-order valence-corrected chi connectivity index (χ0v) is 12.1. The van der Waals surface area contributed by atoms with E-state index >= 15 is 0 Å². The molecule has 0 saturated carbocycles. The molecule has 6 nitrogen and oxygen atoms in total. The minimum absolute atomic E-state index is 0.136. The number of aryl methyl sites for hydroxylation is 1. The largest absolute Gasteiger partial charge is 0.344 e. The molecule has 2 aromatic heterocycles. The Bertz CT molecular complexity index is 765. The highest BCUT2D eigenvalue weighted by molar-refractivity contribution is 5.90. The van der Waals surface area contributed by atoms with Gasteiger partial charge in [0.25, 0.3) is 5.91 Å². The summed E-state index contributed by atoms with van der Waals surface area (Å²) in [5, 5.41) is 6.94. The summed E-state index contributed by atoms with van der Waals surface area (Å²) in [6, 6.07) is 13.4. The average Bonchev–Trinajstić information content (AvgIpc) is 3.04. The molecule has 0 aliphatic rings. The summed E-state index contributed by atoms with van der Waals surface area (Å²) >= 11 is 0. The van der Waals surface area contributed by atoms with Crippen molar-refractivity contribution in [3.05, 3.63) is 72.1 Å². The molecule has 0 radical (unpaired) electrons. The summed E-state index contributed by atoms with van der Waals surface area (Å²) in [7, 11) is 0. The van der Waals surface area contributed by atoms with Gasteiger partial charge in [0.05, 0.1) is 17.9 Å². The molecule has 1 aromatic carbocycles. The summed E-state index contributed by atoms with van der Waals surface area (Å²) in [5.74, 6) is -0.187. The van der Waals surface area contributed by atoms with Gasteiger partial charge in [-0.15, -0.1) is 5.10 Å². The van der Waals surface area contributed by atoms with Gasteiger partial charge in [-0.05, 0) is 31.2 Å². The highest BCUT2D eigenvalue weighted by Crippen LogP contribution is 2.07. The Balaban J connectivity index is 1.68. The predicted octanol–water partition coefficient (Wildman–Crippen LogP) is 1.90. The van der Waals surface area contributed by atoms with Crippen LogP contribution in [0, 0.1) is 6.92 Å². The van der Waals surface area contributed by atoms with Gasteiger partial charge in [-0.25, -0.2) is 9.67 Å². The first-order valence-electron chi connectivity index (χ1n) is 6.89. The monoisotopic (exact) mass is 293 g/mol. The van der Waals surface area contributed by atoms with E-state index in [-0.39, 0.29) is 11.7 Å². The number of amides is 1. The van der Waals surface area contributed by atoms with Crippen LogP contribution in [0.15, 0.2) is 55.0 Å². The lowest BCUT2D eigenvalue weighted by Gasteiger charge is -2.02. The number of aromatic nitrogens is 4. The van der Waals surface area contributed by atoms with E-state index < -0.39 is 0 Å². The van der Waals surface area contributed by atoms with Crippen molar-refractivity contribution in [3.8, 4) is 5.69 Å². The third-order valence-electron chi connectivity index (χ3n) is 3.15. The van der Waals surface area contributed by atoms with Crippen LogP contribution in [0.3, 0.4) is 0 Å². The van der Waals surface area contributed by atoms with Gasteiger partial charge in [0.1, 0.15) is 6.33 Å². The van der Waals surface area contributed by atoms with Gasteiger partial charge >= 0.3 is 0 Å². The molecule has 6 heteroatoms. The number of nitrogens with zero attached hydrogens (tertiary/aromatic N) is 4. The highest BCUT2D eigenvalue weighted by atomic mass is 16.2. The zero-order valence-electron chi connectivity index (χ0n) is 12.1. The van der Waals surface area contributed by atoms with E-state index in [9.17, 15) is 4.79 Å². The molecule has 2 heterocycles. The molecule has 0 unspecified atom stereocenters. The van der Waals surface area contributed by atoms with Crippen LogP contribution >= 0.6 is 0 Å². The predicted molar refractivity (Wildman–Crippen MR) is 81.5 cm³/mol. The average molecular weight is 293 g/mol. The smallest absolute Gasteiger partial charge is 0.291 e. The Hall–Kier alpha value is -3.02. The number of hydrogen-bond acceptors (Lipinski definition) is 4. The fourth-order valence-corrected chi connectivity index (χ4v) is 1.94. The summed E-state index contributed by atoms with van der Waals surface area (Å²) < 4.78 is 1.58. The molecule has 0 fully saturated rings. The Morgan fingerprint density at radius 2 is 1.95 bits per heavy atom. The van der Waals surface area contributed by atoms with Crippen LogP contribution in [-0.4, -0.2) is 25.7 Å². The minimum atomic E-state index is -0.323. The van der Waals surface area contributed by atoms with Crippen molar-refractivity contribution in [2.45, 2.75) is 13.5 Å². The van der Waals surface area contributed by atoms with Crippen molar-refractivity contribution < 1.29 is 4.79 Å². The van der Waals surface area contributed by atoms with Crippen LogP contribution < -0.4 is 5.32 Å². The van der Waals surface area contributed by atoms with Crippen LogP contribution in [0.1, 0.15) is 21.9 Å². The second-order valence-corrected chi connectivity index (χ2v) is 4.85. The molecule has 0 saturated heterocycles. The molecule has 1 N–H and O–H groups in total. The number of hydrogen-bond donors (Lipinski definition) is 1. The van der Waals surface area contributed by atoms with Crippen molar-refractivity contribution in [1.29, 1.82) is 0 Å². The van der Waals surface area contributed by atoms with Crippen molar-refractivity contribution in [1.82, 2.24) is 25.1 Å². The van der Waals surface area contributed by atoms with Gasteiger partial charge < -0.3 is 5.32 Å². The maximum Gasteiger partial charge on any atom is 0.291 e. The molecule has 0 atom stereocenters. The first-order chi connectivity index (χ1) is 10.7. The second kappa shape index (κ2) is 6.17. The third kappa shape index (κ3) is 3.17. The van der Waals surface area contributed by atoms with E-state index in [1.807, 2.05) is 49.4 Å². The lowest BCUT2D eigenvalue weighted by atomic mass is 10.2. The fraction of sp³-hybridized carbons (Fsp3) is 0.125. The first kappa shape index (κ1) is 13.9. The number of carbonyl (C=O) groups is 1. The van der Waals surface area contributed by atoms with E-state index in [1.54, 1.807) is 10.9 Å². The summed E-state index contributed by atoms with van der Waals surface area (Å²) in [5.41, 5.74) is 2.81. The summed E-state index contributed by atoms with van der Waals surface area (Å²) in [4.78, 5) is 20.2. The molecule has 3 aromatic rings. The van der Waals surface area contributed by atoms with Crippen LogP contribution in [0.4, 0.5) is 0 Å². The molecule has 3 rings (SSSR count). The van der Waals surface area contributed by atoms with Crippen molar-refractivity contribution in [2.75, 3.05) is 0 Å². The van der Waals surface area contributed by atoms with E-state index in [2.05, 4.69) is 20.4 Å². The minimum Gasteiger partial charge on any atom is -0.344 e. The molecule has 110 valence electrons. The van der Waals surface area contributed by atoms with Crippen LogP contribution in [0.2, 0.25) is 0 Å². The number of benzene rings is 1. The van der Waals surface area contributed by atoms with Crippen LogP contribution in [0.25, 0.3) is 5.69 Å². The number of pyridine rings is 1. The third-order valence-corrected chi connectivity index (χ3v) is 3.15. The van der Waals surface area contributed by atoms with Gasteiger partial charge in [0.15, 0.2) is 0 Å². The maximum absolute atomic E-state index is 12.0. The van der Waals surface area contributed by atoms with Gasteiger partial charge in [0, 0.05) is 6.20 Å². The topological polar surface area (TPSA) is 72.7 Å². The Morgan fingerprint density at radius 3 is 2.68 bits per heavy atom. The lowest BCUT2D eigenvalue weighted by Crippen LogP contribution is -2.24. The fourth-order valence-electron chi connectivity index (χ4n) is 1.94. The van der Waals surface area contributed by atoms with Crippen molar-refractivity contribution in [3.63, 3.8) is 0 Å². The number of nitrogens with one attached hydrogen (secondary N) is 1. The summed E-state index contributed by atoms with van der Waals surface area (Å²) in [6.07, 6.45) is 3.21. The molecule has 0 spiro atoms. The SMILES string of the molecule is Cc1ccc(-n2cnc(C(=O)NCc3ccccn3)n2)cc1. The lowest BCUT2D eigenvalue weighted by molar-refractivity contribution is 0.0940. The van der Waals surface area contributed by atoms with E-state index in [0.29, 0.717) is 6.54 Å². The standard InChI is InChI=1S/C16H15N5O/c1-12-5-7-14(8-6-12)21-11-19-15(20-21)16(22)18-10-13-4-2-3-9-17-13/h2-9,11H,10H2,1H3,(H,18,22). The van der Waals surface area contributed by atoms with Crippen molar-refractivity contribution >= 4 is 5.91 Å². The highest BCUT2D eigenvalue weighted by Gasteiger charge is 2.11. The number of rotatable bonds is 4. The van der Waals surface area contributed by atoms with E-state index in [1.165, 1.54) is 6.33 Å². The normalized spacial score (nSPS) is 10.4. The summed E-state index contributed by atoms with van der Waals surface area (Å²) in [6.45, 7) is 2.36. The molecule has 22 heavy (non-hydrogen) atoms. The zero-order chi connectivity index (χ0) is 15.4.